The van der Waals surface area contributed by atoms with Gasteiger partial charge in [0.2, 0.25) is 0 Å². The smallest absolute Gasteiger partial charge is 0.150 e. The van der Waals surface area contributed by atoms with Gasteiger partial charge in [0.05, 0.1) is 28.9 Å². The van der Waals surface area contributed by atoms with Gasteiger partial charge in [0.15, 0.2) is 11.6 Å². The molecule has 0 aliphatic rings. The van der Waals surface area contributed by atoms with Crippen LogP contribution >= 0.6 is 68.0 Å². The molecule has 0 atom stereocenters. The van der Waals surface area contributed by atoms with Gasteiger partial charge in [0.1, 0.15) is 11.6 Å². The summed E-state index contributed by atoms with van der Waals surface area (Å²) in [4.78, 5) is 1.31. The van der Waals surface area contributed by atoms with Crippen molar-refractivity contribution in [1.82, 2.24) is 0 Å². The van der Waals surface area contributed by atoms with Gasteiger partial charge in [-0.2, -0.15) is 0 Å². The molecule has 0 bridgehead atoms. The molecule has 8 aromatic rings. The first-order chi connectivity index (χ1) is 17.5. The minimum absolute atomic E-state index is 0.327. The maximum Gasteiger partial charge on any atom is 0.150 e. The third-order valence-electron chi connectivity index (χ3n) is 6.23. The number of halogens is 4. The third-order valence-corrected chi connectivity index (χ3v) is 13.1. The van der Waals surface area contributed by atoms with E-state index in [0.29, 0.717) is 30.3 Å². The Morgan fingerprint density at radius 2 is 0.861 bits per heavy atom. The Morgan fingerprint density at radius 3 is 1.25 bits per heavy atom. The lowest BCUT2D eigenvalue weighted by Gasteiger charge is -1.94. The predicted octanol–water partition coefficient (Wildman–Crippen LogP) is 11.7. The lowest BCUT2D eigenvalue weighted by atomic mass is 10.1. The van der Waals surface area contributed by atoms with Crippen molar-refractivity contribution >= 4 is 118 Å². The normalized spacial score (nSPS) is 12.4. The maximum atomic E-state index is 15.4. The first-order valence-electron chi connectivity index (χ1n) is 10.6. The summed E-state index contributed by atoms with van der Waals surface area (Å²) in [6, 6.07) is 10.4. The summed E-state index contributed by atoms with van der Waals surface area (Å²) in [6.07, 6.45) is 0. The highest BCUT2D eigenvalue weighted by Crippen LogP contribution is 2.50. The van der Waals surface area contributed by atoms with E-state index in [1.54, 1.807) is 33.4 Å². The van der Waals surface area contributed by atoms with Crippen LogP contribution in [0.5, 0.6) is 0 Å². The summed E-state index contributed by atoms with van der Waals surface area (Å²) in [6.45, 7) is 0. The molecule has 10 heteroatoms. The molecule has 0 N–H and O–H groups in total. The molecule has 0 aliphatic carbocycles. The highest BCUT2D eigenvalue weighted by Gasteiger charge is 2.23. The van der Waals surface area contributed by atoms with Gasteiger partial charge in [-0.25, -0.2) is 17.6 Å². The van der Waals surface area contributed by atoms with E-state index in [1.807, 2.05) is 24.3 Å². The van der Waals surface area contributed by atoms with Gasteiger partial charge in [0, 0.05) is 40.3 Å². The molecule has 0 aliphatic heterocycles. The molecule has 8 rings (SSSR count). The Morgan fingerprint density at radius 1 is 0.444 bits per heavy atom. The van der Waals surface area contributed by atoms with Crippen molar-refractivity contribution < 1.29 is 17.6 Å². The SMILES string of the molecule is Fc1ccsc1-c1sc2cc3sc4c5cc6c(F)c(-c7sccc7F)sc6cc5sc4c3cc2c1F. The number of hydrogen-bond acceptors (Lipinski definition) is 6. The van der Waals surface area contributed by atoms with E-state index in [1.165, 1.54) is 57.5 Å². The van der Waals surface area contributed by atoms with Crippen LogP contribution in [0.15, 0.2) is 47.2 Å². The van der Waals surface area contributed by atoms with E-state index in [-0.39, 0.29) is 0 Å². The van der Waals surface area contributed by atoms with Crippen LogP contribution in [0.2, 0.25) is 0 Å². The second-order valence-electron chi connectivity index (χ2n) is 8.24. The zero-order chi connectivity index (χ0) is 24.3. The van der Waals surface area contributed by atoms with E-state index in [0.717, 1.165) is 39.0 Å². The quantitative estimate of drug-likeness (QED) is 0.176. The van der Waals surface area contributed by atoms with Crippen LogP contribution < -0.4 is 0 Å². The molecular weight excluding hydrogens is 581 g/mol. The van der Waals surface area contributed by atoms with E-state index in [2.05, 4.69) is 0 Å². The molecule has 0 saturated carbocycles. The van der Waals surface area contributed by atoms with Crippen LogP contribution in [0.4, 0.5) is 17.6 Å². The molecule has 2 aromatic carbocycles. The van der Waals surface area contributed by atoms with Gasteiger partial charge >= 0.3 is 0 Å². The van der Waals surface area contributed by atoms with Crippen LogP contribution in [0.1, 0.15) is 0 Å². The van der Waals surface area contributed by atoms with Crippen molar-refractivity contribution in [1.29, 1.82) is 0 Å². The van der Waals surface area contributed by atoms with E-state index < -0.39 is 23.3 Å². The first kappa shape index (κ1) is 21.7. The van der Waals surface area contributed by atoms with Crippen molar-refractivity contribution in [3.8, 4) is 19.5 Å². The zero-order valence-corrected chi connectivity index (χ0v) is 22.5. The minimum atomic E-state index is -0.406. The molecule has 36 heavy (non-hydrogen) atoms. The molecule has 6 heterocycles. The molecule has 0 radical (unpaired) electrons. The largest absolute Gasteiger partial charge is 0.205 e. The molecule has 6 aromatic heterocycles. The first-order valence-corrected chi connectivity index (χ1v) is 15.6. The second-order valence-corrected chi connectivity index (χ2v) is 14.3. The van der Waals surface area contributed by atoms with Crippen molar-refractivity contribution in [3.63, 3.8) is 0 Å². The maximum absolute atomic E-state index is 15.4. The highest BCUT2D eigenvalue weighted by molar-refractivity contribution is 7.37. The molecule has 0 fully saturated rings. The van der Waals surface area contributed by atoms with Crippen LogP contribution in [0.25, 0.3) is 69.3 Å². The van der Waals surface area contributed by atoms with E-state index in [9.17, 15) is 8.78 Å². The monoisotopic (exact) mass is 588 g/mol. The van der Waals surface area contributed by atoms with Crippen LogP contribution in [0, 0.1) is 23.3 Å². The summed E-state index contributed by atoms with van der Waals surface area (Å²) >= 11 is 8.11. The number of thiophene rings is 6. The van der Waals surface area contributed by atoms with Crippen LogP contribution in [-0.2, 0) is 0 Å². The fourth-order valence-corrected chi connectivity index (χ4v) is 11.4. The van der Waals surface area contributed by atoms with E-state index in [4.69, 9.17) is 0 Å². The highest BCUT2D eigenvalue weighted by atomic mass is 32.1. The fourth-order valence-electron chi connectivity index (χ4n) is 4.58. The van der Waals surface area contributed by atoms with Gasteiger partial charge in [-0.05, 0) is 47.2 Å². The Hall–Kier alpha value is -2.34. The van der Waals surface area contributed by atoms with Gasteiger partial charge < -0.3 is 0 Å². The van der Waals surface area contributed by atoms with Crippen molar-refractivity contribution in [2.45, 2.75) is 0 Å². The molecule has 0 saturated heterocycles. The predicted molar refractivity (Wildman–Crippen MR) is 152 cm³/mol. The summed E-state index contributed by atoms with van der Waals surface area (Å²) in [5.41, 5.74) is 0. The summed E-state index contributed by atoms with van der Waals surface area (Å²) in [5.74, 6) is -1.60. The van der Waals surface area contributed by atoms with Gasteiger partial charge in [-0.3, -0.25) is 0 Å². The summed E-state index contributed by atoms with van der Waals surface area (Å²) < 4.78 is 64.7. The average Bonchev–Trinajstić information content (AvgIpc) is 3.69. The Bertz CT molecular complexity index is 2010. The Kier molecular flexibility index (Phi) is 4.58. The van der Waals surface area contributed by atoms with Gasteiger partial charge in [0.25, 0.3) is 0 Å². The second kappa shape index (κ2) is 7.59. The van der Waals surface area contributed by atoms with Crippen LogP contribution in [0.3, 0.4) is 0 Å². The van der Waals surface area contributed by atoms with E-state index >= 15 is 8.78 Å². The summed E-state index contributed by atoms with van der Waals surface area (Å²) in [5, 5.41) is 6.12. The Balaban J connectivity index is 1.36. The molecule has 0 unspecified atom stereocenters. The molecule has 0 nitrogen and oxygen atoms in total. The zero-order valence-electron chi connectivity index (χ0n) is 17.6. The van der Waals surface area contributed by atoms with Crippen molar-refractivity contribution in [3.05, 3.63) is 70.4 Å². The lowest BCUT2D eigenvalue weighted by Crippen LogP contribution is -1.76. The number of benzene rings is 2. The minimum Gasteiger partial charge on any atom is -0.205 e. The standard InChI is InChI=1S/C26H8F4S6/c27-13-1-3-31-23(13)25-19(29)9-5-11-17(7-15(9)35-25)33-22-12-6-10-16(8-18(12)34-21(11)22)36-26(20(10)30)24-14(28)2-4-32-24/h1-8H. The summed E-state index contributed by atoms with van der Waals surface area (Å²) in [7, 11) is 0. The number of hydrogen-bond donors (Lipinski definition) is 0. The Labute approximate surface area is 223 Å². The topological polar surface area (TPSA) is 0 Å². The number of rotatable bonds is 2. The lowest BCUT2D eigenvalue weighted by molar-refractivity contribution is 0.628. The third kappa shape index (κ3) is 2.88. The molecule has 0 spiro atoms. The molecular formula is C26H8F4S6. The molecule has 176 valence electrons. The number of fused-ring (bicyclic) bond motifs is 7. The van der Waals surface area contributed by atoms with Gasteiger partial charge in [-0.15, -0.1) is 68.0 Å². The van der Waals surface area contributed by atoms with Crippen molar-refractivity contribution in [2.75, 3.05) is 0 Å². The fraction of sp³-hybridized carbons (Fsp3) is 0. The van der Waals surface area contributed by atoms with Gasteiger partial charge in [-0.1, -0.05) is 0 Å². The molecule has 0 amide bonds. The average molecular weight is 589 g/mol. The van der Waals surface area contributed by atoms with Crippen molar-refractivity contribution in [2.24, 2.45) is 0 Å². The van der Waals surface area contributed by atoms with Crippen LogP contribution in [-0.4, -0.2) is 0 Å².